The third kappa shape index (κ3) is 3.51. The Morgan fingerprint density at radius 3 is 2.22 bits per heavy atom. The van der Waals surface area contributed by atoms with Crippen LogP contribution >= 0.6 is 23.2 Å². The summed E-state index contributed by atoms with van der Waals surface area (Å²) in [4.78, 5) is -0.0330. The van der Waals surface area contributed by atoms with Crippen molar-refractivity contribution >= 4 is 33.2 Å². The lowest BCUT2D eigenvalue weighted by atomic mass is 10.1. The van der Waals surface area contributed by atoms with Crippen molar-refractivity contribution < 1.29 is 13.2 Å². The van der Waals surface area contributed by atoms with Crippen molar-refractivity contribution in [3.63, 3.8) is 0 Å². The van der Waals surface area contributed by atoms with Crippen molar-refractivity contribution in [2.45, 2.75) is 31.2 Å². The van der Waals surface area contributed by atoms with Crippen LogP contribution in [0.25, 0.3) is 0 Å². The summed E-state index contributed by atoms with van der Waals surface area (Å²) < 4.78 is 31.9. The van der Waals surface area contributed by atoms with Gasteiger partial charge in [0.1, 0.15) is 9.92 Å². The number of sulfonamides is 1. The molecule has 0 aromatic heterocycles. The number of hydrogen-bond donors (Lipinski definition) is 1. The Labute approximate surface area is 117 Å². The van der Waals surface area contributed by atoms with E-state index in [9.17, 15) is 8.42 Å². The SMILES string of the molecule is COc1c(S(=O)(=O)NC(C)(C)C)ccc(Cl)c1Cl. The average molecular weight is 312 g/mol. The first-order chi connectivity index (χ1) is 8.08. The largest absolute Gasteiger partial charge is 0.494 e. The van der Waals surface area contributed by atoms with Gasteiger partial charge in [-0.15, -0.1) is 0 Å². The molecule has 1 N–H and O–H groups in total. The lowest BCUT2D eigenvalue weighted by Crippen LogP contribution is -2.40. The highest BCUT2D eigenvalue weighted by Gasteiger charge is 2.27. The molecule has 0 atom stereocenters. The molecule has 0 fully saturated rings. The van der Waals surface area contributed by atoms with Crippen LogP contribution in [0.4, 0.5) is 0 Å². The van der Waals surface area contributed by atoms with Crippen LogP contribution in [0.2, 0.25) is 10.0 Å². The first kappa shape index (κ1) is 15.6. The topological polar surface area (TPSA) is 55.4 Å². The molecule has 0 aliphatic heterocycles. The lowest BCUT2D eigenvalue weighted by molar-refractivity contribution is 0.401. The number of benzene rings is 1. The Balaban J connectivity index is 3.38. The Morgan fingerprint density at radius 1 is 1.22 bits per heavy atom. The van der Waals surface area contributed by atoms with Crippen LogP contribution in [0.3, 0.4) is 0 Å². The van der Waals surface area contributed by atoms with Crippen molar-refractivity contribution in [3.05, 3.63) is 22.2 Å². The third-order valence-corrected chi connectivity index (χ3v) is 4.52. The Kier molecular flexibility index (Phi) is 4.54. The zero-order valence-corrected chi connectivity index (χ0v) is 12.9. The van der Waals surface area contributed by atoms with E-state index in [1.807, 2.05) is 0 Å². The van der Waals surface area contributed by atoms with Gasteiger partial charge in [-0.25, -0.2) is 13.1 Å². The van der Waals surface area contributed by atoms with Gasteiger partial charge in [-0.3, -0.25) is 0 Å². The molecule has 18 heavy (non-hydrogen) atoms. The van der Waals surface area contributed by atoms with Crippen molar-refractivity contribution in [2.75, 3.05) is 7.11 Å². The summed E-state index contributed by atoms with van der Waals surface area (Å²) in [7, 11) is -2.38. The summed E-state index contributed by atoms with van der Waals surface area (Å²) in [5.74, 6) is 0.0425. The summed E-state index contributed by atoms with van der Waals surface area (Å²) in [5, 5.41) is 0.319. The highest BCUT2D eigenvalue weighted by Crippen LogP contribution is 2.37. The zero-order chi connectivity index (χ0) is 14.1. The fourth-order valence-electron chi connectivity index (χ4n) is 1.37. The predicted molar refractivity (Wildman–Crippen MR) is 73.1 cm³/mol. The van der Waals surface area contributed by atoms with Gasteiger partial charge in [-0.05, 0) is 32.9 Å². The summed E-state index contributed by atoms with van der Waals surface area (Å²) in [6.07, 6.45) is 0. The molecule has 0 unspecified atom stereocenters. The monoisotopic (exact) mass is 311 g/mol. The van der Waals surface area contributed by atoms with Gasteiger partial charge < -0.3 is 4.74 Å². The van der Waals surface area contributed by atoms with Gasteiger partial charge in [-0.1, -0.05) is 23.2 Å². The van der Waals surface area contributed by atoms with Crippen LogP contribution in [0.5, 0.6) is 5.75 Å². The first-order valence-corrected chi connectivity index (χ1v) is 7.38. The minimum Gasteiger partial charge on any atom is -0.494 e. The van der Waals surface area contributed by atoms with Crippen molar-refractivity contribution in [1.82, 2.24) is 4.72 Å². The second-order valence-electron chi connectivity index (χ2n) is 4.75. The minimum absolute atomic E-state index is 0.0330. The van der Waals surface area contributed by atoms with Gasteiger partial charge >= 0.3 is 0 Å². The third-order valence-electron chi connectivity index (χ3n) is 1.95. The maximum absolute atomic E-state index is 12.2. The normalized spacial score (nSPS) is 12.6. The van der Waals surface area contributed by atoms with Gasteiger partial charge in [0.05, 0.1) is 12.1 Å². The molecule has 0 saturated carbocycles. The Bertz CT molecular complexity index is 550. The van der Waals surface area contributed by atoms with Crippen molar-refractivity contribution in [1.29, 1.82) is 0 Å². The second-order valence-corrected chi connectivity index (χ2v) is 7.18. The van der Waals surface area contributed by atoms with Crippen LogP contribution in [0.15, 0.2) is 17.0 Å². The lowest BCUT2D eigenvalue weighted by Gasteiger charge is -2.21. The van der Waals surface area contributed by atoms with Gasteiger partial charge in [0.2, 0.25) is 10.0 Å². The average Bonchev–Trinajstić information content (AvgIpc) is 2.17. The maximum Gasteiger partial charge on any atom is 0.244 e. The maximum atomic E-state index is 12.2. The number of halogens is 2. The number of nitrogens with one attached hydrogen (secondary N) is 1. The first-order valence-electron chi connectivity index (χ1n) is 5.14. The zero-order valence-electron chi connectivity index (χ0n) is 10.5. The Hall–Kier alpha value is -0.490. The van der Waals surface area contributed by atoms with Crippen LogP contribution in [-0.2, 0) is 10.0 Å². The van der Waals surface area contributed by atoms with E-state index in [4.69, 9.17) is 27.9 Å². The fourth-order valence-corrected chi connectivity index (χ4v) is 3.41. The van der Waals surface area contributed by atoms with E-state index in [1.165, 1.54) is 19.2 Å². The van der Waals surface area contributed by atoms with E-state index in [-0.39, 0.29) is 20.7 Å². The Morgan fingerprint density at radius 2 is 1.78 bits per heavy atom. The molecule has 0 spiro atoms. The molecular weight excluding hydrogens is 297 g/mol. The summed E-state index contributed by atoms with van der Waals surface area (Å²) in [5.41, 5.74) is -0.601. The molecule has 0 aliphatic carbocycles. The molecule has 1 rings (SSSR count). The van der Waals surface area contributed by atoms with E-state index in [0.717, 1.165) is 0 Å². The smallest absolute Gasteiger partial charge is 0.244 e. The molecule has 0 amide bonds. The highest BCUT2D eigenvalue weighted by atomic mass is 35.5. The molecule has 4 nitrogen and oxygen atoms in total. The summed E-state index contributed by atoms with van der Waals surface area (Å²) >= 11 is 11.7. The van der Waals surface area contributed by atoms with E-state index in [2.05, 4.69) is 4.72 Å². The molecular formula is C11H15Cl2NO3S. The minimum atomic E-state index is -3.72. The standard InChI is InChI=1S/C11H15Cl2NO3S/c1-11(2,3)14-18(15,16)8-6-5-7(12)9(13)10(8)17-4/h5-6,14H,1-4H3. The fraction of sp³-hybridized carbons (Fsp3) is 0.455. The number of rotatable bonds is 3. The number of methoxy groups -OCH3 is 1. The quantitative estimate of drug-likeness (QED) is 0.933. The van der Waals surface area contributed by atoms with Gasteiger partial charge in [-0.2, -0.15) is 0 Å². The van der Waals surface area contributed by atoms with E-state index < -0.39 is 15.6 Å². The summed E-state index contributed by atoms with van der Waals surface area (Å²) in [6.45, 7) is 5.23. The van der Waals surface area contributed by atoms with Crippen LogP contribution < -0.4 is 9.46 Å². The molecule has 0 heterocycles. The molecule has 0 radical (unpaired) electrons. The summed E-state index contributed by atoms with van der Waals surface area (Å²) in [6, 6.07) is 2.78. The molecule has 0 aliphatic rings. The van der Waals surface area contributed by atoms with Crippen molar-refractivity contribution in [3.8, 4) is 5.75 Å². The van der Waals surface area contributed by atoms with E-state index >= 15 is 0 Å². The van der Waals surface area contributed by atoms with Crippen LogP contribution in [0.1, 0.15) is 20.8 Å². The van der Waals surface area contributed by atoms with Crippen LogP contribution in [-0.4, -0.2) is 21.1 Å². The van der Waals surface area contributed by atoms with Gasteiger partial charge in [0.15, 0.2) is 5.75 Å². The van der Waals surface area contributed by atoms with E-state index in [1.54, 1.807) is 20.8 Å². The second kappa shape index (κ2) is 5.25. The molecule has 0 saturated heterocycles. The molecule has 1 aromatic carbocycles. The number of ether oxygens (including phenoxy) is 1. The number of hydrogen-bond acceptors (Lipinski definition) is 3. The van der Waals surface area contributed by atoms with Crippen molar-refractivity contribution in [2.24, 2.45) is 0 Å². The van der Waals surface area contributed by atoms with Gasteiger partial charge in [0.25, 0.3) is 0 Å². The van der Waals surface area contributed by atoms with Crippen LogP contribution in [0, 0.1) is 0 Å². The molecule has 102 valence electrons. The molecule has 0 bridgehead atoms. The predicted octanol–water partition coefficient (Wildman–Crippen LogP) is 3.08. The molecule has 7 heteroatoms. The van der Waals surface area contributed by atoms with Gasteiger partial charge in [0, 0.05) is 5.54 Å². The van der Waals surface area contributed by atoms with E-state index in [0.29, 0.717) is 0 Å². The molecule has 1 aromatic rings. The highest BCUT2D eigenvalue weighted by molar-refractivity contribution is 7.89.